The molecule has 2 N–H and O–H groups in total. The molecule has 1 saturated heterocycles. The van der Waals surface area contributed by atoms with E-state index in [-0.39, 0.29) is 25.6 Å². The van der Waals surface area contributed by atoms with Crippen LogP contribution in [0.1, 0.15) is 12.8 Å². The average Bonchev–Trinajstić information content (AvgIpc) is 2.26. The van der Waals surface area contributed by atoms with Gasteiger partial charge in [-0.3, -0.25) is 0 Å². The molecule has 1 rings (SSSR count). The van der Waals surface area contributed by atoms with Crippen LogP contribution in [0.5, 0.6) is 0 Å². The fourth-order valence-corrected chi connectivity index (χ4v) is 2.82. The molecular weight excluding hydrogens is 261 g/mol. The van der Waals surface area contributed by atoms with E-state index >= 15 is 0 Å². The predicted molar refractivity (Wildman–Crippen MR) is 54.4 cm³/mol. The Morgan fingerprint density at radius 3 is 2.24 bits per heavy atom. The Bertz CT molecular complexity index is 336. The molecule has 0 unspecified atom stereocenters. The standard InChI is InChI=1S/C8H15F3N2O3S/c9-8(10,11)6-12-17(15,16)13-3-1-7(5-14)2-4-13/h7,12,14H,1-6H2. The van der Waals surface area contributed by atoms with Crippen molar-refractivity contribution in [3.05, 3.63) is 0 Å². The number of piperidine rings is 1. The Kier molecular flexibility index (Phi) is 4.76. The highest BCUT2D eigenvalue weighted by molar-refractivity contribution is 7.87. The van der Waals surface area contributed by atoms with Crippen LogP contribution in [0.2, 0.25) is 0 Å². The third kappa shape index (κ3) is 4.78. The van der Waals surface area contributed by atoms with E-state index in [1.807, 2.05) is 0 Å². The van der Waals surface area contributed by atoms with Gasteiger partial charge >= 0.3 is 6.18 Å². The molecule has 0 aliphatic carbocycles. The number of rotatable bonds is 4. The second-order valence-corrected chi connectivity index (χ2v) is 5.72. The highest BCUT2D eigenvalue weighted by Gasteiger charge is 2.33. The van der Waals surface area contributed by atoms with Crippen molar-refractivity contribution in [2.24, 2.45) is 5.92 Å². The Hall–Kier alpha value is -0.380. The zero-order valence-electron chi connectivity index (χ0n) is 9.07. The Morgan fingerprint density at radius 2 is 1.82 bits per heavy atom. The first-order chi connectivity index (χ1) is 7.74. The van der Waals surface area contributed by atoms with Crippen molar-refractivity contribution in [3.63, 3.8) is 0 Å². The third-order valence-corrected chi connectivity index (χ3v) is 4.18. The van der Waals surface area contributed by atoms with Gasteiger partial charge in [-0.05, 0) is 18.8 Å². The molecule has 0 aromatic rings. The van der Waals surface area contributed by atoms with Crippen LogP contribution in [0.4, 0.5) is 13.2 Å². The monoisotopic (exact) mass is 276 g/mol. The van der Waals surface area contributed by atoms with Crippen molar-refractivity contribution in [1.82, 2.24) is 9.03 Å². The predicted octanol–water partition coefficient (Wildman–Crippen LogP) is 0.0874. The van der Waals surface area contributed by atoms with Gasteiger partial charge in [0.25, 0.3) is 10.2 Å². The summed E-state index contributed by atoms with van der Waals surface area (Å²) in [6, 6.07) is 0. The number of hydrogen-bond donors (Lipinski definition) is 2. The first-order valence-corrected chi connectivity index (χ1v) is 6.61. The molecule has 0 spiro atoms. The molecule has 0 bridgehead atoms. The minimum atomic E-state index is -4.56. The lowest BCUT2D eigenvalue weighted by Gasteiger charge is -2.30. The summed E-state index contributed by atoms with van der Waals surface area (Å²) < 4.78 is 61.1. The zero-order valence-corrected chi connectivity index (χ0v) is 9.89. The van der Waals surface area contributed by atoms with Crippen LogP contribution in [0.25, 0.3) is 0 Å². The molecule has 1 fully saturated rings. The van der Waals surface area contributed by atoms with E-state index < -0.39 is 22.9 Å². The fraction of sp³-hybridized carbons (Fsp3) is 1.00. The maximum Gasteiger partial charge on any atom is 0.402 e. The molecule has 17 heavy (non-hydrogen) atoms. The average molecular weight is 276 g/mol. The number of nitrogens with one attached hydrogen (secondary N) is 1. The topological polar surface area (TPSA) is 69.6 Å². The number of alkyl halides is 3. The van der Waals surface area contributed by atoms with Crippen LogP contribution in [0.3, 0.4) is 0 Å². The highest BCUT2D eigenvalue weighted by Crippen LogP contribution is 2.19. The maximum atomic E-state index is 11.9. The van der Waals surface area contributed by atoms with Crippen molar-refractivity contribution in [2.75, 3.05) is 26.2 Å². The summed E-state index contributed by atoms with van der Waals surface area (Å²) in [6.45, 7) is -1.31. The highest BCUT2D eigenvalue weighted by atomic mass is 32.2. The molecule has 9 heteroatoms. The van der Waals surface area contributed by atoms with Crippen LogP contribution in [-0.2, 0) is 10.2 Å². The van der Waals surface area contributed by atoms with Crippen molar-refractivity contribution < 1.29 is 26.7 Å². The minimum absolute atomic E-state index is 0.0239. The van der Waals surface area contributed by atoms with Crippen LogP contribution in [0, 0.1) is 5.92 Å². The van der Waals surface area contributed by atoms with E-state index in [2.05, 4.69) is 0 Å². The van der Waals surface area contributed by atoms with Crippen molar-refractivity contribution in [2.45, 2.75) is 19.0 Å². The number of aliphatic hydroxyl groups excluding tert-OH is 1. The lowest BCUT2D eigenvalue weighted by molar-refractivity contribution is -0.121. The molecule has 0 aromatic heterocycles. The molecule has 0 atom stereocenters. The largest absolute Gasteiger partial charge is 0.402 e. The van der Waals surface area contributed by atoms with E-state index in [0.29, 0.717) is 12.8 Å². The summed E-state index contributed by atoms with van der Waals surface area (Å²) in [5, 5.41) is 8.86. The molecule has 0 amide bonds. The summed E-state index contributed by atoms with van der Waals surface area (Å²) in [5.41, 5.74) is 0. The van der Waals surface area contributed by atoms with Gasteiger partial charge in [0.1, 0.15) is 6.54 Å². The van der Waals surface area contributed by atoms with Crippen molar-refractivity contribution in [1.29, 1.82) is 0 Å². The van der Waals surface area contributed by atoms with Gasteiger partial charge < -0.3 is 5.11 Å². The molecule has 1 aliphatic heterocycles. The lowest BCUT2D eigenvalue weighted by Crippen LogP contribution is -2.47. The zero-order chi connectivity index (χ0) is 13.1. The van der Waals surface area contributed by atoms with Gasteiger partial charge in [0.15, 0.2) is 0 Å². The van der Waals surface area contributed by atoms with Gasteiger partial charge in [0.2, 0.25) is 0 Å². The molecule has 0 saturated carbocycles. The SMILES string of the molecule is O=S(=O)(NCC(F)(F)F)N1CCC(CO)CC1. The van der Waals surface area contributed by atoms with Gasteiger partial charge in [0, 0.05) is 19.7 Å². The Morgan fingerprint density at radius 1 is 1.29 bits per heavy atom. The van der Waals surface area contributed by atoms with Crippen LogP contribution >= 0.6 is 0 Å². The fourth-order valence-electron chi connectivity index (χ4n) is 1.60. The van der Waals surface area contributed by atoms with E-state index in [0.717, 1.165) is 4.31 Å². The second-order valence-electron chi connectivity index (χ2n) is 3.97. The van der Waals surface area contributed by atoms with Crippen LogP contribution in [-0.4, -0.2) is 50.2 Å². The van der Waals surface area contributed by atoms with E-state index in [9.17, 15) is 21.6 Å². The summed E-state index contributed by atoms with van der Waals surface area (Å²) in [4.78, 5) is 0. The number of aliphatic hydroxyl groups is 1. The quantitative estimate of drug-likeness (QED) is 0.764. The van der Waals surface area contributed by atoms with E-state index in [4.69, 9.17) is 5.11 Å². The Balaban J connectivity index is 2.49. The normalized spacial score (nSPS) is 20.7. The molecule has 102 valence electrons. The van der Waals surface area contributed by atoms with E-state index in [1.54, 1.807) is 0 Å². The third-order valence-electron chi connectivity index (χ3n) is 2.63. The van der Waals surface area contributed by atoms with E-state index in [1.165, 1.54) is 4.72 Å². The summed E-state index contributed by atoms with van der Waals surface area (Å²) in [5.74, 6) is 0.0315. The van der Waals surface area contributed by atoms with Crippen LogP contribution in [0.15, 0.2) is 0 Å². The van der Waals surface area contributed by atoms with Gasteiger partial charge in [-0.15, -0.1) is 0 Å². The minimum Gasteiger partial charge on any atom is -0.396 e. The van der Waals surface area contributed by atoms with Gasteiger partial charge in [-0.1, -0.05) is 0 Å². The lowest BCUT2D eigenvalue weighted by atomic mass is 10.00. The molecule has 5 nitrogen and oxygen atoms in total. The maximum absolute atomic E-state index is 11.9. The summed E-state index contributed by atoms with van der Waals surface area (Å²) in [7, 11) is -4.07. The summed E-state index contributed by atoms with van der Waals surface area (Å²) in [6.07, 6.45) is -3.64. The second kappa shape index (κ2) is 5.51. The van der Waals surface area contributed by atoms with Gasteiger partial charge in [-0.2, -0.15) is 30.6 Å². The van der Waals surface area contributed by atoms with Gasteiger partial charge in [0.05, 0.1) is 0 Å². The molecule has 0 radical (unpaired) electrons. The molecule has 1 heterocycles. The summed E-state index contributed by atoms with van der Waals surface area (Å²) >= 11 is 0. The molecule has 1 aliphatic rings. The smallest absolute Gasteiger partial charge is 0.396 e. The van der Waals surface area contributed by atoms with Crippen molar-refractivity contribution >= 4 is 10.2 Å². The Labute approximate surface area is 97.8 Å². The first-order valence-electron chi connectivity index (χ1n) is 5.17. The molecular formula is C8H15F3N2O3S. The van der Waals surface area contributed by atoms with Crippen LogP contribution < -0.4 is 4.72 Å². The first kappa shape index (κ1) is 14.7. The number of halogens is 3. The molecule has 0 aromatic carbocycles. The number of hydrogen-bond acceptors (Lipinski definition) is 3. The number of nitrogens with zero attached hydrogens (tertiary/aromatic N) is 1. The van der Waals surface area contributed by atoms with Gasteiger partial charge in [-0.25, -0.2) is 0 Å². The van der Waals surface area contributed by atoms with Crippen molar-refractivity contribution in [3.8, 4) is 0 Å².